The lowest BCUT2D eigenvalue weighted by molar-refractivity contribution is 0.0735. The van der Waals surface area contributed by atoms with E-state index in [9.17, 15) is 4.79 Å². The number of fused-ring (bicyclic) bond motifs is 2. The molecule has 0 aliphatic carbocycles. The fourth-order valence-electron chi connectivity index (χ4n) is 1.75. The van der Waals surface area contributed by atoms with Crippen LogP contribution in [0.15, 0.2) is 36.8 Å². The third-order valence-corrected chi connectivity index (χ3v) is 2.55. The van der Waals surface area contributed by atoms with Crippen molar-refractivity contribution in [1.29, 1.82) is 0 Å². The van der Waals surface area contributed by atoms with Gasteiger partial charge in [0.1, 0.15) is 17.6 Å². The van der Waals surface area contributed by atoms with Crippen LogP contribution in [0.25, 0.3) is 0 Å². The smallest absolute Gasteiger partial charge is 0.347 e. The Bertz CT molecular complexity index is 566. The van der Waals surface area contributed by atoms with Gasteiger partial charge in [-0.15, -0.1) is 0 Å². The molecule has 4 nitrogen and oxygen atoms in total. The van der Waals surface area contributed by atoms with Gasteiger partial charge in [-0.2, -0.15) is 0 Å². The SMILES string of the molecule is O=C1Oc2ccccc2Cc2ncncc21. The molecule has 1 aliphatic rings. The molecular formula is C12H8N2O2. The lowest BCUT2D eigenvalue weighted by atomic mass is 10.1. The first kappa shape index (κ1) is 9.03. The van der Waals surface area contributed by atoms with Gasteiger partial charge in [0.15, 0.2) is 0 Å². The van der Waals surface area contributed by atoms with E-state index in [1.807, 2.05) is 18.2 Å². The highest BCUT2D eigenvalue weighted by molar-refractivity contribution is 5.92. The molecule has 16 heavy (non-hydrogen) atoms. The van der Waals surface area contributed by atoms with Crippen LogP contribution < -0.4 is 4.74 Å². The quantitative estimate of drug-likeness (QED) is 0.491. The standard InChI is InChI=1S/C12H8N2O2/c15-12-9-6-13-7-14-10(9)5-8-3-1-2-4-11(8)16-12/h1-4,6-7H,5H2. The fraction of sp³-hybridized carbons (Fsp3) is 0.0833. The van der Waals surface area contributed by atoms with Crippen molar-refractivity contribution < 1.29 is 9.53 Å². The molecule has 0 N–H and O–H groups in total. The van der Waals surface area contributed by atoms with Crippen LogP contribution in [0.5, 0.6) is 5.75 Å². The van der Waals surface area contributed by atoms with Gasteiger partial charge >= 0.3 is 5.97 Å². The van der Waals surface area contributed by atoms with Crippen LogP contribution in [0.1, 0.15) is 21.6 Å². The van der Waals surface area contributed by atoms with Gasteiger partial charge in [0.25, 0.3) is 0 Å². The van der Waals surface area contributed by atoms with Crippen molar-refractivity contribution in [3.8, 4) is 5.75 Å². The Morgan fingerprint density at radius 2 is 2.12 bits per heavy atom. The van der Waals surface area contributed by atoms with Gasteiger partial charge in [-0.1, -0.05) is 18.2 Å². The van der Waals surface area contributed by atoms with Gasteiger partial charge in [-0.05, 0) is 6.07 Å². The molecule has 1 aromatic heterocycles. The van der Waals surface area contributed by atoms with E-state index in [0.717, 1.165) is 5.56 Å². The van der Waals surface area contributed by atoms with E-state index in [0.29, 0.717) is 23.4 Å². The lowest BCUT2D eigenvalue weighted by Crippen LogP contribution is -2.10. The minimum atomic E-state index is -0.388. The Labute approximate surface area is 91.9 Å². The van der Waals surface area contributed by atoms with Crippen molar-refractivity contribution in [3.63, 3.8) is 0 Å². The molecule has 0 saturated carbocycles. The third kappa shape index (κ3) is 1.35. The highest BCUT2D eigenvalue weighted by atomic mass is 16.5. The number of benzene rings is 1. The van der Waals surface area contributed by atoms with E-state index in [1.165, 1.54) is 12.5 Å². The van der Waals surface area contributed by atoms with Crippen molar-refractivity contribution in [2.24, 2.45) is 0 Å². The topological polar surface area (TPSA) is 52.1 Å². The number of hydrogen-bond donors (Lipinski definition) is 0. The Balaban J connectivity index is 2.18. The van der Waals surface area contributed by atoms with Gasteiger partial charge < -0.3 is 4.74 Å². The lowest BCUT2D eigenvalue weighted by Gasteiger charge is -2.03. The molecule has 0 radical (unpaired) electrons. The van der Waals surface area contributed by atoms with E-state index >= 15 is 0 Å². The summed E-state index contributed by atoms with van der Waals surface area (Å²) in [6.45, 7) is 0. The second-order valence-electron chi connectivity index (χ2n) is 3.56. The number of rotatable bonds is 0. The highest BCUT2D eigenvalue weighted by Gasteiger charge is 2.21. The average Bonchev–Trinajstić information content (AvgIpc) is 2.45. The summed E-state index contributed by atoms with van der Waals surface area (Å²) >= 11 is 0. The molecule has 0 saturated heterocycles. The summed E-state index contributed by atoms with van der Waals surface area (Å²) in [4.78, 5) is 19.7. The van der Waals surface area contributed by atoms with Crippen molar-refractivity contribution in [2.75, 3.05) is 0 Å². The predicted molar refractivity (Wildman–Crippen MR) is 56.2 cm³/mol. The number of carbonyl (C=O) groups excluding carboxylic acids is 1. The highest BCUT2D eigenvalue weighted by Crippen LogP contribution is 2.26. The zero-order valence-electron chi connectivity index (χ0n) is 8.38. The minimum absolute atomic E-state index is 0.388. The van der Waals surface area contributed by atoms with Gasteiger partial charge in [-0.25, -0.2) is 14.8 Å². The number of para-hydroxylation sites is 1. The van der Waals surface area contributed by atoms with E-state index in [1.54, 1.807) is 6.07 Å². The summed E-state index contributed by atoms with van der Waals surface area (Å²) in [6.07, 6.45) is 3.54. The summed E-state index contributed by atoms with van der Waals surface area (Å²) in [5.74, 6) is 0.214. The van der Waals surface area contributed by atoms with Crippen molar-refractivity contribution in [1.82, 2.24) is 9.97 Å². The van der Waals surface area contributed by atoms with Crippen LogP contribution in [0, 0.1) is 0 Å². The Hall–Kier alpha value is -2.23. The van der Waals surface area contributed by atoms with Crippen LogP contribution in [-0.4, -0.2) is 15.9 Å². The van der Waals surface area contributed by atoms with E-state index in [2.05, 4.69) is 9.97 Å². The fourth-order valence-corrected chi connectivity index (χ4v) is 1.75. The Kier molecular flexibility index (Phi) is 1.93. The van der Waals surface area contributed by atoms with E-state index in [4.69, 9.17) is 4.74 Å². The number of hydrogen-bond acceptors (Lipinski definition) is 4. The van der Waals surface area contributed by atoms with Crippen LogP contribution in [0.2, 0.25) is 0 Å². The Morgan fingerprint density at radius 1 is 1.25 bits per heavy atom. The molecule has 2 heterocycles. The van der Waals surface area contributed by atoms with E-state index < -0.39 is 0 Å². The normalized spacial score (nSPS) is 13.4. The largest absolute Gasteiger partial charge is 0.423 e. The second-order valence-corrected chi connectivity index (χ2v) is 3.56. The minimum Gasteiger partial charge on any atom is -0.423 e. The van der Waals surface area contributed by atoms with Crippen LogP contribution in [0.4, 0.5) is 0 Å². The average molecular weight is 212 g/mol. The monoisotopic (exact) mass is 212 g/mol. The first-order chi connectivity index (χ1) is 7.84. The van der Waals surface area contributed by atoms with Gasteiger partial charge in [0.05, 0.1) is 5.69 Å². The summed E-state index contributed by atoms with van der Waals surface area (Å²) < 4.78 is 5.26. The Morgan fingerprint density at radius 3 is 3.06 bits per heavy atom. The maximum atomic E-state index is 11.8. The third-order valence-electron chi connectivity index (χ3n) is 2.55. The summed E-state index contributed by atoms with van der Waals surface area (Å²) in [5.41, 5.74) is 2.12. The molecule has 0 atom stereocenters. The van der Waals surface area contributed by atoms with Crippen LogP contribution >= 0.6 is 0 Å². The maximum Gasteiger partial charge on any atom is 0.347 e. The molecular weight excluding hydrogens is 204 g/mol. The molecule has 1 aliphatic heterocycles. The van der Waals surface area contributed by atoms with E-state index in [-0.39, 0.29) is 5.97 Å². The number of aromatic nitrogens is 2. The zero-order valence-corrected chi connectivity index (χ0v) is 8.38. The first-order valence-electron chi connectivity index (χ1n) is 4.93. The number of nitrogens with zero attached hydrogens (tertiary/aromatic N) is 2. The van der Waals surface area contributed by atoms with Gasteiger partial charge in [-0.3, -0.25) is 0 Å². The van der Waals surface area contributed by atoms with Crippen LogP contribution in [0.3, 0.4) is 0 Å². The van der Waals surface area contributed by atoms with Gasteiger partial charge in [0, 0.05) is 18.2 Å². The summed E-state index contributed by atoms with van der Waals surface area (Å²) in [5, 5.41) is 0. The van der Waals surface area contributed by atoms with Gasteiger partial charge in [0.2, 0.25) is 0 Å². The van der Waals surface area contributed by atoms with Crippen molar-refractivity contribution in [2.45, 2.75) is 6.42 Å². The van der Waals surface area contributed by atoms with Crippen LogP contribution in [-0.2, 0) is 6.42 Å². The molecule has 3 rings (SSSR count). The first-order valence-corrected chi connectivity index (χ1v) is 4.93. The van der Waals surface area contributed by atoms with Crippen molar-refractivity contribution >= 4 is 5.97 Å². The summed E-state index contributed by atoms with van der Waals surface area (Å²) in [7, 11) is 0. The molecule has 0 bridgehead atoms. The molecule has 4 heteroatoms. The molecule has 0 amide bonds. The molecule has 0 unspecified atom stereocenters. The second kappa shape index (κ2) is 3.41. The number of ether oxygens (including phenoxy) is 1. The van der Waals surface area contributed by atoms with Crippen molar-refractivity contribution in [3.05, 3.63) is 53.6 Å². The molecule has 2 aromatic rings. The molecule has 0 fully saturated rings. The molecule has 78 valence electrons. The number of carbonyl (C=O) groups is 1. The summed E-state index contributed by atoms with van der Waals surface area (Å²) in [6, 6.07) is 7.47. The number of esters is 1. The maximum absolute atomic E-state index is 11.8. The molecule has 0 spiro atoms. The molecule has 1 aromatic carbocycles. The predicted octanol–water partition coefficient (Wildman–Crippen LogP) is 1.60. The zero-order chi connectivity index (χ0) is 11.0.